The summed E-state index contributed by atoms with van der Waals surface area (Å²) in [6.07, 6.45) is 14.6. The molecular weight excluding hydrogens is 402 g/mol. The lowest BCUT2D eigenvalue weighted by Gasteiger charge is -2.47. The van der Waals surface area contributed by atoms with Crippen molar-refractivity contribution < 1.29 is 19.0 Å². The van der Waals surface area contributed by atoms with Crippen LogP contribution >= 0.6 is 0 Å². The van der Waals surface area contributed by atoms with Crippen LogP contribution in [-0.2, 0) is 14.2 Å². The molecule has 2 saturated carbocycles. The smallest absolute Gasteiger partial charge is 0.411 e. The number of amides is 1. The van der Waals surface area contributed by atoms with E-state index in [1.54, 1.807) is 7.11 Å². The van der Waals surface area contributed by atoms with Crippen LogP contribution in [0.15, 0.2) is 12.2 Å². The Kier molecular flexibility index (Phi) is 7.26. The Morgan fingerprint density at radius 3 is 2.47 bits per heavy atom. The third kappa shape index (κ3) is 4.89. The van der Waals surface area contributed by atoms with E-state index in [1.807, 2.05) is 25.7 Å². The molecular formula is C27H45NO4. The van der Waals surface area contributed by atoms with Crippen LogP contribution in [0.25, 0.3) is 0 Å². The summed E-state index contributed by atoms with van der Waals surface area (Å²) >= 11 is 0. The molecule has 2 heterocycles. The van der Waals surface area contributed by atoms with Crippen molar-refractivity contribution in [3.63, 3.8) is 0 Å². The average molecular weight is 448 g/mol. The van der Waals surface area contributed by atoms with Gasteiger partial charge in [-0.25, -0.2) is 4.79 Å². The third-order valence-corrected chi connectivity index (χ3v) is 8.56. The molecule has 0 N–H and O–H groups in total. The zero-order chi connectivity index (χ0) is 23.0. The molecule has 0 aromatic rings. The minimum absolute atomic E-state index is 0.0678. The van der Waals surface area contributed by atoms with Crippen molar-refractivity contribution in [2.24, 2.45) is 29.6 Å². The fraction of sp³-hybridized carbons (Fsp3) is 0.889. The quantitative estimate of drug-likeness (QED) is 0.485. The first-order valence-corrected chi connectivity index (χ1v) is 13.1. The van der Waals surface area contributed by atoms with Crippen molar-refractivity contribution in [1.82, 2.24) is 4.90 Å². The average Bonchev–Trinajstić information content (AvgIpc) is 3.05. The van der Waals surface area contributed by atoms with Gasteiger partial charge in [0, 0.05) is 19.1 Å². The number of likely N-dealkylation sites (tertiary alicyclic amines) is 1. The van der Waals surface area contributed by atoms with Gasteiger partial charge in [-0.3, -0.25) is 4.90 Å². The number of hydrogen-bond acceptors (Lipinski definition) is 4. The minimum atomic E-state index is -0.472. The number of nitrogens with zero attached hydrogens (tertiary/aromatic N) is 1. The summed E-state index contributed by atoms with van der Waals surface area (Å²) in [7, 11) is 1.79. The number of ether oxygens (including phenoxy) is 3. The maximum atomic E-state index is 13.1. The highest BCUT2D eigenvalue weighted by Gasteiger charge is 2.53. The van der Waals surface area contributed by atoms with Crippen molar-refractivity contribution in [3.8, 4) is 0 Å². The van der Waals surface area contributed by atoms with Crippen molar-refractivity contribution >= 4 is 6.09 Å². The number of allylic oxidation sites excluding steroid dienone is 1. The summed E-state index contributed by atoms with van der Waals surface area (Å²) in [5, 5.41) is 0. The fourth-order valence-electron chi connectivity index (χ4n) is 7.27. The first-order chi connectivity index (χ1) is 15.2. The highest BCUT2D eigenvalue weighted by Crippen LogP contribution is 2.55. The van der Waals surface area contributed by atoms with E-state index < -0.39 is 5.60 Å². The zero-order valence-corrected chi connectivity index (χ0v) is 21.1. The summed E-state index contributed by atoms with van der Waals surface area (Å²) in [6.45, 7) is 10.2. The summed E-state index contributed by atoms with van der Waals surface area (Å²) in [5.74, 6) is 3.01. The number of rotatable bonds is 3. The van der Waals surface area contributed by atoms with Crippen molar-refractivity contribution in [2.45, 2.75) is 116 Å². The largest absolute Gasteiger partial charge is 0.444 e. The van der Waals surface area contributed by atoms with E-state index in [2.05, 4.69) is 26.0 Å². The Bertz CT molecular complexity index is 686. The molecule has 2 aliphatic heterocycles. The molecule has 182 valence electrons. The van der Waals surface area contributed by atoms with E-state index in [-0.39, 0.29) is 30.6 Å². The van der Waals surface area contributed by atoms with Crippen molar-refractivity contribution in [1.29, 1.82) is 0 Å². The molecule has 4 aliphatic rings. The Morgan fingerprint density at radius 1 is 1.00 bits per heavy atom. The number of piperidine rings is 1. The number of fused-ring (bicyclic) bond motifs is 2. The zero-order valence-electron chi connectivity index (χ0n) is 21.1. The van der Waals surface area contributed by atoms with E-state index >= 15 is 0 Å². The maximum Gasteiger partial charge on any atom is 0.411 e. The monoisotopic (exact) mass is 447 g/mol. The molecule has 0 radical (unpaired) electrons. The van der Waals surface area contributed by atoms with Crippen LogP contribution in [0.1, 0.15) is 86.0 Å². The molecule has 5 heteroatoms. The number of carbonyl (C=O) groups is 1. The van der Waals surface area contributed by atoms with Gasteiger partial charge >= 0.3 is 6.09 Å². The summed E-state index contributed by atoms with van der Waals surface area (Å²) in [5.41, 5.74) is -0.472. The predicted molar refractivity (Wildman–Crippen MR) is 126 cm³/mol. The Hall–Kier alpha value is -1.07. The molecule has 4 rings (SSSR count). The Morgan fingerprint density at radius 2 is 1.75 bits per heavy atom. The van der Waals surface area contributed by atoms with Crippen LogP contribution in [0.5, 0.6) is 0 Å². The molecule has 5 nitrogen and oxygen atoms in total. The van der Waals surface area contributed by atoms with Gasteiger partial charge < -0.3 is 14.2 Å². The minimum Gasteiger partial charge on any atom is -0.444 e. The standard InChI is InChI=1S/C27H45NO4/c1-17-10-9-12-20(28(17)26(29)32-27(3,4)5)14-15-22-21-13-8-7-11-19(21)16-23-24(22)18(2)31-25(23)30-6/h14-15,17-25H,7-13,16H2,1-6H3/b15-14+/t17-,18-,19-,20+,21-,22+,23+,24-,25?/m0/s1. The van der Waals surface area contributed by atoms with Gasteiger partial charge in [0.05, 0.1) is 12.1 Å². The molecule has 1 amide bonds. The second-order valence-electron chi connectivity index (χ2n) is 11.8. The lowest BCUT2D eigenvalue weighted by atomic mass is 9.57. The van der Waals surface area contributed by atoms with Crippen LogP contribution in [0.4, 0.5) is 4.79 Å². The van der Waals surface area contributed by atoms with E-state index in [4.69, 9.17) is 14.2 Å². The van der Waals surface area contributed by atoms with Gasteiger partial charge in [0.2, 0.25) is 0 Å². The highest BCUT2D eigenvalue weighted by atomic mass is 16.7. The van der Waals surface area contributed by atoms with Crippen LogP contribution in [0, 0.1) is 29.6 Å². The number of methoxy groups -OCH3 is 1. The van der Waals surface area contributed by atoms with Crippen molar-refractivity contribution in [3.05, 3.63) is 12.2 Å². The van der Waals surface area contributed by atoms with E-state index in [0.29, 0.717) is 17.8 Å². The van der Waals surface area contributed by atoms with Crippen LogP contribution in [-0.4, -0.2) is 48.2 Å². The fourth-order valence-corrected chi connectivity index (χ4v) is 7.27. The molecule has 9 atom stereocenters. The molecule has 2 saturated heterocycles. The highest BCUT2D eigenvalue weighted by molar-refractivity contribution is 5.69. The van der Waals surface area contributed by atoms with Gasteiger partial charge in [0.15, 0.2) is 6.29 Å². The lowest BCUT2D eigenvalue weighted by molar-refractivity contribution is -0.132. The van der Waals surface area contributed by atoms with Crippen LogP contribution in [0.3, 0.4) is 0 Å². The second kappa shape index (κ2) is 9.66. The number of hydrogen-bond donors (Lipinski definition) is 0. The van der Waals surface area contributed by atoms with E-state index in [9.17, 15) is 4.79 Å². The molecule has 0 aromatic carbocycles. The third-order valence-electron chi connectivity index (χ3n) is 8.56. The lowest BCUT2D eigenvalue weighted by Crippen LogP contribution is -2.50. The SMILES string of the molecule is COC1O[C@@H](C)[C@H]2[C@H](/C=C/[C@H]3CCC[C@H](C)N3C(=O)OC(C)(C)C)[C@H]3CCCC[C@H]3C[C@@H]12. The predicted octanol–water partition coefficient (Wildman–Crippen LogP) is 6.17. The van der Waals surface area contributed by atoms with Gasteiger partial charge in [0.25, 0.3) is 0 Å². The van der Waals surface area contributed by atoms with Gasteiger partial charge in [-0.1, -0.05) is 31.4 Å². The molecule has 0 spiro atoms. The van der Waals surface area contributed by atoms with Crippen molar-refractivity contribution in [2.75, 3.05) is 7.11 Å². The van der Waals surface area contributed by atoms with Gasteiger partial charge in [-0.2, -0.15) is 0 Å². The molecule has 0 aromatic heterocycles. The van der Waals surface area contributed by atoms with Gasteiger partial charge in [-0.05, 0) is 90.4 Å². The molecule has 4 fully saturated rings. The topological polar surface area (TPSA) is 48.0 Å². The maximum absolute atomic E-state index is 13.1. The molecule has 2 aliphatic carbocycles. The Balaban J connectivity index is 1.57. The summed E-state index contributed by atoms with van der Waals surface area (Å²) < 4.78 is 17.8. The summed E-state index contributed by atoms with van der Waals surface area (Å²) in [6, 6.07) is 0.327. The van der Waals surface area contributed by atoms with Crippen LogP contribution < -0.4 is 0 Å². The summed E-state index contributed by atoms with van der Waals surface area (Å²) in [4.78, 5) is 15.1. The van der Waals surface area contributed by atoms with Crippen LogP contribution in [0.2, 0.25) is 0 Å². The first kappa shape index (κ1) is 24.1. The van der Waals surface area contributed by atoms with Gasteiger partial charge in [-0.15, -0.1) is 0 Å². The van der Waals surface area contributed by atoms with E-state index in [0.717, 1.165) is 31.1 Å². The second-order valence-corrected chi connectivity index (χ2v) is 11.8. The number of carbonyl (C=O) groups excluding carboxylic acids is 1. The normalized spacial score (nSPS) is 42.6. The van der Waals surface area contributed by atoms with Gasteiger partial charge in [0.1, 0.15) is 5.60 Å². The van der Waals surface area contributed by atoms with E-state index in [1.165, 1.54) is 32.1 Å². The molecule has 1 unspecified atom stereocenters. The first-order valence-electron chi connectivity index (χ1n) is 13.1. The molecule has 32 heavy (non-hydrogen) atoms. The molecule has 0 bridgehead atoms. The Labute approximate surface area is 195 Å².